The van der Waals surface area contributed by atoms with Crippen LogP contribution in [-0.2, 0) is 11.8 Å². The Labute approximate surface area is 194 Å². The van der Waals surface area contributed by atoms with Gasteiger partial charge in [-0.2, -0.15) is 0 Å². The number of piperazine rings is 1. The first-order valence-corrected chi connectivity index (χ1v) is 11.9. The standard InChI is InChI=1S/C24H32N8O/c1-30-9-11-32(12-10-30)15-17-3-5-18(6-4-17)24(33)25-23-14-20-13-19(7-8-21(20)26-28-23)22-16-31(2)29-27-22/h7-8,13-14,16-18H,3-6,9-12,15H2,1-2H3,(H,25,28,33)/t17-,18-. The van der Waals surface area contributed by atoms with E-state index >= 15 is 0 Å². The second-order valence-electron chi connectivity index (χ2n) is 9.59. The Morgan fingerprint density at radius 1 is 1.00 bits per heavy atom. The van der Waals surface area contributed by atoms with E-state index in [0.29, 0.717) is 11.7 Å². The molecule has 9 heteroatoms. The molecule has 2 fully saturated rings. The molecule has 2 aliphatic rings. The maximum Gasteiger partial charge on any atom is 0.228 e. The molecule has 174 valence electrons. The van der Waals surface area contributed by atoms with Gasteiger partial charge >= 0.3 is 0 Å². The minimum atomic E-state index is 0.0529. The summed E-state index contributed by atoms with van der Waals surface area (Å²) in [5.74, 6) is 1.32. The van der Waals surface area contributed by atoms with Crippen LogP contribution in [0.4, 0.5) is 5.82 Å². The topological polar surface area (TPSA) is 92.1 Å². The molecule has 0 atom stereocenters. The number of anilines is 1. The first-order chi connectivity index (χ1) is 16.0. The zero-order valence-electron chi connectivity index (χ0n) is 19.4. The summed E-state index contributed by atoms with van der Waals surface area (Å²) in [4.78, 5) is 17.9. The van der Waals surface area contributed by atoms with Crippen LogP contribution in [0.15, 0.2) is 30.5 Å². The Morgan fingerprint density at radius 2 is 1.79 bits per heavy atom. The Morgan fingerprint density at radius 3 is 2.52 bits per heavy atom. The van der Waals surface area contributed by atoms with Crippen LogP contribution in [0.25, 0.3) is 22.2 Å². The molecule has 0 bridgehead atoms. The lowest BCUT2D eigenvalue weighted by molar-refractivity contribution is -0.121. The Hall–Kier alpha value is -2.91. The number of rotatable bonds is 5. The van der Waals surface area contributed by atoms with Crippen molar-refractivity contribution in [1.29, 1.82) is 0 Å². The SMILES string of the molecule is CN1CCN(C[C@H]2CC[C@H](C(=O)Nc3cc4cc(-c5cn(C)nn5)ccc4nn3)CC2)CC1. The number of nitrogens with zero attached hydrogens (tertiary/aromatic N) is 7. The molecular weight excluding hydrogens is 416 g/mol. The maximum atomic E-state index is 12.9. The number of aryl methyl sites for hydroxylation is 1. The van der Waals surface area contributed by atoms with Gasteiger partial charge < -0.3 is 15.1 Å². The Balaban J connectivity index is 1.18. The van der Waals surface area contributed by atoms with Crippen molar-refractivity contribution in [3.8, 4) is 11.3 Å². The van der Waals surface area contributed by atoms with Gasteiger partial charge in [0.2, 0.25) is 5.91 Å². The van der Waals surface area contributed by atoms with Gasteiger partial charge in [0.15, 0.2) is 5.82 Å². The van der Waals surface area contributed by atoms with Crippen molar-refractivity contribution >= 4 is 22.6 Å². The lowest BCUT2D eigenvalue weighted by Gasteiger charge is -2.36. The molecule has 1 N–H and O–H groups in total. The average Bonchev–Trinajstić information content (AvgIpc) is 3.27. The number of nitrogens with one attached hydrogen (secondary N) is 1. The third-order valence-corrected chi connectivity index (χ3v) is 7.06. The molecule has 5 rings (SSSR count). The average molecular weight is 449 g/mol. The number of aromatic nitrogens is 5. The van der Waals surface area contributed by atoms with Crippen LogP contribution in [0.5, 0.6) is 0 Å². The van der Waals surface area contributed by atoms with Crippen molar-refractivity contribution in [2.24, 2.45) is 18.9 Å². The second-order valence-corrected chi connectivity index (χ2v) is 9.59. The van der Waals surface area contributed by atoms with Gasteiger partial charge in [0.25, 0.3) is 0 Å². The van der Waals surface area contributed by atoms with Crippen molar-refractivity contribution in [2.75, 3.05) is 45.1 Å². The molecular formula is C24H32N8O. The highest BCUT2D eigenvalue weighted by Gasteiger charge is 2.28. The molecule has 1 aliphatic heterocycles. The van der Waals surface area contributed by atoms with Crippen LogP contribution >= 0.6 is 0 Å². The van der Waals surface area contributed by atoms with Gasteiger partial charge in [-0.05, 0) is 56.8 Å². The molecule has 2 aromatic heterocycles. The molecule has 1 saturated carbocycles. The summed E-state index contributed by atoms with van der Waals surface area (Å²) in [6, 6.07) is 7.77. The number of carbonyl (C=O) groups excluding carboxylic acids is 1. The molecule has 1 aromatic carbocycles. The van der Waals surface area contributed by atoms with Crippen molar-refractivity contribution in [2.45, 2.75) is 25.7 Å². The normalized spacial score (nSPS) is 22.5. The van der Waals surface area contributed by atoms with Crippen molar-refractivity contribution in [1.82, 2.24) is 35.0 Å². The summed E-state index contributed by atoms with van der Waals surface area (Å²) in [7, 11) is 4.04. The number of hydrogen-bond donors (Lipinski definition) is 1. The van der Waals surface area contributed by atoms with Gasteiger partial charge in [-0.3, -0.25) is 9.48 Å². The molecule has 0 radical (unpaired) electrons. The summed E-state index contributed by atoms with van der Waals surface area (Å²) in [6.45, 7) is 5.81. The van der Waals surface area contributed by atoms with E-state index in [1.807, 2.05) is 37.5 Å². The molecule has 1 aliphatic carbocycles. The zero-order valence-corrected chi connectivity index (χ0v) is 19.4. The quantitative estimate of drug-likeness (QED) is 0.641. The van der Waals surface area contributed by atoms with Gasteiger partial charge in [0, 0.05) is 56.6 Å². The van der Waals surface area contributed by atoms with E-state index in [0.717, 1.165) is 74.0 Å². The fraction of sp³-hybridized carbons (Fsp3) is 0.542. The van der Waals surface area contributed by atoms with E-state index in [4.69, 9.17) is 0 Å². The number of hydrogen-bond acceptors (Lipinski definition) is 7. The zero-order chi connectivity index (χ0) is 22.8. The first kappa shape index (κ1) is 21.9. The van der Waals surface area contributed by atoms with E-state index in [1.54, 1.807) is 4.68 Å². The van der Waals surface area contributed by atoms with Gasteiger partial charge in [0.1, 0.15) is 5.69 Å². The van der Waals surface area contributed by atoms with Gasteiger partial charge in [-0.15, -0.1) is 15.3 Å². The number of carbonyl (C=O) groups is 1. The Kier molecular flexibility index (Phi) is 6.32. The molecule has 1 amide bonds. The summed E-state index contributed by atoms with van der Waals surface area (Å²) in [5.41, 5.74) is 2.54. The smallest absolute Gasteiger partial charge is 0.228 e. The van der Waals surface area contributed by atoms with Crippen LogP contribution in [0, 0.1) is 11.8 Å². The molecule has 3 heterocycles. The molecule has 9 nitrogen and oxygen atoms in total. The second kappa shape index (κ2) is 9.52. The number of fused-ring (bicyclic) bond motifs is 1. The summed E-state index contributed by atoms with van der Waals surface area (Å²) < 4.78 is 1.68. The fourth-order valence-electron chi connectivity index (χ4n) is 4.98. The number of benzene rings is 1. The lowest BCUT2D eigenvalue weighted by Crippen LogP contribution is -2.46. The van der Waals surface area contributed by atoms with E-state index < -0.39 is 0 Å². The van der Waals surface area contributed by atoms with E-state index in [9.17, 15) is 4.79 Å². The maximum absolute atomic E-state index is 12.9. The van der Waals surface area contributed by atoms with Crippen LogP contribution in [0.2, 0.25) is 0 Å². The van der Waals surface area contributed by atoms with Crippen LogP contribution < -0.4 is 5.32 Å². The third kappa shape index (κ3) is 5.20. The highest BCUT2D eigenvalue weighted by atomic mass is 16.2. The monoisotopic (exact) mass is 448 g/mol. The van der Waals surface area contributed by atoms with Gasteiger partial charge in [0.05, 0.1) is 11.7 Å². The van der Waals surface area contributed by atoms with Crippen LogP contribution in [0.3, 0.4) is 0 Å². The largest absolute Gasteiger partial charge is 0.309 e. The molecule has 0 unspecified atom stereocenters. The van der Waals surface area contributed by atoms with E-state index in [1.165, 1.54) is 6.54 Å². The first-order valence-electron chi connectivity index (χ1n) is 11.9. The van der Waals surface area contributed by atoms with Crippen molar-refractivity contribution < 1.29 is 4.79 Å². The minimum absolute atomic E-state index is 0.0529. The molecule has 0 spiro atoms. The van der Waals surface area contributed by atoms with Crippen molar-refractivity contribution in [3.63, 3.8) is 0 Å². The fourth-order valence-corrected chi connectivity index (χ4v) is 4.98. The third-order valence-electron chi connectivity index (χ3n) is 7.06. The molecule has 1 saturated heterocycles. The van der Waals surface area contributed by atoms with Crippen molar-refractivity contribution in [3.05, 3.63) is 30.5 Å². The van der Waals surface area contributed by atoms with E-state index in [2.05, 4.69) is 42.7 Å². The number of amides is 1. The van der Waals surface area contributed by atoms with E-state index in [-0.39, 0.29) is 11.8 Å². The summed E-state index contributed by atoms with van der Waals surface area (Å²) in [6.07, 6.45) is 6.01. The highest BCUT2D eigenvalue weighted by molar-refractivity contribution is 5.94. The molecule has 33 heavy (non-hydrogen) atoms. The van der Waals surface area contributed by atoms with Crippen LogP contribution in [0.1, 0.15) is 25.7 Å². The Bertz CT molecular complexity index is 1110. The van der Waals surface area contributed by atoms with Gasteiger partial charge in [-0.25, -0.2) is 0 Å². The summed E-state index contributed by atoms with van der Waals surface area (Å²) in [5, 5.41) is 20.6. The predicted molar refractivity (Wildman–Crippen MR) is 128 cm³/mol. The number of likely N-dealkylation sites (N-methyl/N-ethyl adjacent to an activating group) is 1. The predicted octanol–water partition coefficient (Wildman–Crippen LogP) is 2.42. The van der Waals surface area contributed by atoms with Gasteiger partial charge in [-0.1, -0.05) is 11.3 Å². The molecule has 3 aromatic rings. The lowest BCUT2D eigenvalue weighted by atomic mass is 9.81. The summed E-state index contributed by atoms with van der Waals surface area (Å²) >= 11 is 0. The van der Waals surface area contributed by atoms with Crippen LogP contribution in [-0.4, -0.2) is 80.7 Å². The highest BCUT2D eigenvalue weighted by Crippen LogP contribution is 2.31. The minimum Gasteiger partial charge on any atom is -0.309 e.